The van der Waals surface area contributed by atoms with Gasteiger partial charge in [0.05, 0.1) is 6.61 Å². The van der Waals surface area contributed by atoms with Crippen LogP contribution in [0.4, 0.5) is 0 Å². The summed E-state index contributed by atoms with van der Waals surface area (Å²) in [7, 11) is -0.534. The van der Waals surface area contributed by atoms with Crippen molar-refractivity contribution in [3.63, 3.8) is 0 Å². The lowest BCUT2D eigenvalue weighted by atomic mass is 10.0. The molecule has 1 unspecified atom stereocenters. The lowest BCUT2D eigenvalue weighted by molar-refractivity contribution is 0.0537. The van der Waals surface area contributed by atoms with Gasteiger partial charge in [-0.1, -0.05) is 0 Å². The van der Waals surface area contributed by atoms with Gasteiger partial charge in [-0.15, -0.1) is 0 Å². The van der Waals surface area contributed by atoms with Crippen molar-refractivity contribution < 1.29 is 8.95 Å². The van der Waals surface area contributed by atoms with Gasteiger partial charge in [0.15, 0.2) is 0 Å². The first-order valence-electron chi connectivity index (χ1n) is 6.00. The highest BCUT2D eigenvalue weighted by Crippen LogP contribution is 2.14. The van der Waals surface area contributed by atoms with E-state index in [0.29, 0.717) is 12.0 Å². The smallest absolute Gasteiger partial charge is 0.0506 e. The lowest BCUT2D eigenvalue weighted by Gasteiger charge is -2.27. The van der Waals surface area contributed by atoms with Gasteiger partial charge in [0, 0.05) is 41.5 Å². The highest BCUT2D eigenvalue weighted by atomic mass is 32.2. The zero-order valence-corrected chi connectivity index (χ0v) is 10.1. The Balaban J connectivity index is 1.62. The number of hydrogen-bond donors (Lipinski definition) is 1. The van der Waals surface area contributed by atoms with Gasteiger partial charge >= 0.3 is 0 Å². The highest BCUT2D eigenvalue weighted by molar-refractivity contribution is 7.85. The average molecular weight is 231 g/mol. The predicted molar refractivity (Wildman–Crippen MR) is 62.4 cm³/mol. The van der Waals surface area contributed by atoms with E-state index in [9.17, 15) is 4.21 Å². The molecule has 0 bridgehead atoms. The van der Waals surface area contributed by atoms with Gasteiger partial charge in [-0.05, 0) is 31.6 Å². The Morgan fingerprint density at radius 2 is 2.07 bits per heavy atom. The molecule has 2 rings (SSSR count). The van der Waals surface area contributed by atoms with Crippen LogP contribution in [0.25, 0.3) is 0 Å². The molecule has 1 atom stereocenters. The molecule has 2 saturated heterocycles. The Morgan fingerprint density at radius 3 is 2.73 bits per heavy atom. The van der Waals surface area contributed by atoms with E-state index in [4.69, 9.17) is 4.74 Å². The van der Waals surface area contributed by atoms with E-state index in [0.717, 1.165) is 44.1 Å². The first-order chi connectivity index (χ1) is 7.34. The normalized spacial score (nSPS) is 37.7. The van der Waals surface area contributed by atoms with Crippen LogP contribution in [0.5, 0.6) is 0 Å². The van der Waals surface area contributed by atoms with Gasteiger partial charge in [0.1, 0.15) is 0 Å². The second-order valence-electron chi connectivity index (χ2n) is 4.61. The summed E-state index contributed by atoms with van der Waals surface area (Å²) in [4.78, 5) is 0. The minimum absolute atomic E-state index is 0.534. The third-order valence-corrected chi connectivity index (χ3v) is 4.72. The molecule has 2 heterocycles. The fourth-order valence-electron chi connectivity index (χ4n) is 2.30. The third-order valence-electron chi connectivity index (χ3n) is 3.34. The number of hydrogen-bond acceptors (Lipinski definition) is 3. The molecule has 0 aromatic rings. The molecule has 0 aromatic heterocycles. The van der Waals surface area contributed by atoms with Gasteiger partial charge in [-0.2, -0.15) is 0 Å². The van der Waals surface area contributed by atoms with E-state index in [1.54, 1.807) is 0 Å². The first-order valence-corrected chi connectivity index (χ1v) is 7.49. The minimum atomic E-state index is -0.534. The minimum Gasteiger partial charge on any atom is -0.381 e. The molecule has 2 fully saturated rings. The van der Waals surface area contributed by atoms with Crippen molar-refractivity contribution in [1.82, 2.24) is 5.32 Å². The molecule has 88 valence electrons. The number of ether oxygens (including phenoxy) is 1. The topological polar surface area (TPSA) is 38.3 Å². The van der Waals surface area contributed by atoms with Gasteiger partial charge in [0.25, 0.3) is 0 Å². The van der Waals surface area contributed by atoms with Crippen molar-refractivity contribution in [2.75, 3.05) is 31.3 Å². The summed E-state index contributed by atoms with van der Waals surface area (Å²) in [5, 5.41) is 3.60. The fourth-order valence-corrected chi connectivity index (χ4v) is 3.60. The summed E-state index contributed by atoms with van der Waals surface area (Å²) < 4.78 is 16.6. The molecule has 2 aliphatic heterocycles. The van der Waals surface area contributed by atoms with Crippen LogP contribution in [-0.2, 0) is 15.5 Å². The molecule has 0 radical (unpaired) electrons. The summed E-state index contributed by atoms with van der Waals surface area (Å²) >= 11 is 0. The highest BCUT2D eigenvalue weighted by Gasteiger charge is 2.19. The van der Waals surface area contributed by atoms with Gasteiger partial charge < -0.3 is 10.1 Å². The molecule has 0 saturated carbocycles. The Kier molecular flexibility index (Phi) is 4.60. The van der Waals surface area contributed by atoms with E-state index in [2.05, 4.69) is 5.32 Å². The van der Waals surface area contributed by atoms with Crippen molar-refractivity contribution in [3.05, 3.63) is 0 Å². The zero-order chi connectivity index (χ0) is 10.5. The molecule has 0 amide bonds. The molecular weight excluding hydrogens is 210 g/mol. The quantitative estimate of drug-likeness (QED) is 0.785. The van der Waals surface area contributed by atoms with Gasteiger partial charge in [-0.25, -0.2) is 0 Å². The molecule has 0 spiro atoms. The Morgan fingerprint density at radius 1 is 1.27 bits per heavy atom. The van der Waals surface area contributed by atoms with Crippen molar-refractivity contribution in [1.29, 1.82) is 0 Å². The summed E-state index contributed by atoms with van der Waals surface area (Å²) in [5.74, 6) is 2.48. The predicted octanol–water partition coefficient (Wildman–Crippen LogP) is 0.914. The third kappa shape index (κ3) is 3.85. The summed E-state index contributed by atoms with van der Waals surface area (Å²) in [6.07, 6.45) is 4.67. The van der Waals surface area contributed by atoms with E-state index in [1.807, 2.05) is 0 Å². The maximum atomic E-state index is 11.2. The maximum Gasteiger partial charge on any atom is 0.0506 e. The SMILES string of the molecule is O=S1CCC(NCC2CCCOC2)CC1. The zero-order valence-electron chi connectivity index (χ0n) is 9.24. The molecule has 2 aliphatic rings. The van der Waals surface area contributed by atoms with Crippen LogP contribution in [0.15, 0.2) is 0 Å². The Hall–Kier alpha value is 0.0700. The second kappa shape index (κ2) is 5.97. The van der Waals surface area contributed by atoms with Crippen molar-refractivity contribution in [2.24, 2.45) is 5.92 Å². The molecule has 0 aromatic carbocycles. The molecular formula is C11H21NO2S. The Bertz CT molecular complexity index is 207. The molecule has 15 heavy (non-hydrogen) atoms. The monoisotopic (exact) mass is 231 g/mol. The van der Waals surface area contributed by atoms with Crippen LogP contribution in [0.2, 0.25) is 0 Å². The van der Waals surface area contributed by atoms with Crippen LogP contribution < -0.4 is 5.32 Å². The molecule has 1 N–H and O–H groups in total. The number of rotatable bonds is 3. The van der Waals surface area contributed by atoms with Crippen LogP contribution in [0.1, 0.15) is 25.7 Å². The van der Waals surface area contributed by atoms with E-state index < -0.39 is 10.8 Å². The summed E-state index contributed by atoms with van der Waals surface area (Å²) in [6, 6.07) is 0.602. The van der Waals surface area contributed by atoms with E-state index in [1.165, 1.54) is 12.8 Å². The van der Waals surface area contributed by atoms with Crippen molar-refractivity contribution >= 4 is 10.8 Å². The molecule has 0 aliphatic carbocycles. The summed E-state index contributed by atoms with van der Waals surface area (Å²) in [5.41, 5.74) is 0. The number of nitrogens with one attached hydrogen (secondary N) is 1. The van der Waals surface area contributed by atoms with Crippen LogP contribution in [0, 0.1) is 5.92 Å². The van der Waals surface area contributed by atoms with Gasteiger partial charge in [0.2, 0.25) is 0 Å². The first kappa shape index (κ1) is 11.6. The fraction of sp³-hybridized carbons (Fsp3) is 1.00. The maximum absolute atomic E-state index is 11.2. The second-order valence-corrected chi connectivity index (χ2v) is 6.31. The largest absolute Gasteiger partial charge is 0.381 e. The molecule has 3 nitrogen and oxygen atoms in total. The van der Waals surface area contributed by atoms with E-state index >= 15 is 0 Å². The molecule has 4 heteroatoms. The van der Waals surface area contributed by atoms with Crippen molar-refractivity contribution in [2.45, 2.75) is 31.7 Å². The van der Waals surface area contributed by atoms with Crippen molar-refractivity contribution in [3.8, 4) is 0 Å². The standard InChI is InChI=1S/C11H21NO2S/c13-15-6-3-11(4-7-15)12-8-10-2-1-5-14-9-10/h10-12H,1-9H2. The average Bonchev–Trinajstić information content (AvgIpc) is 2.30. The summed E-state index contributed by atoms with van der Waals surface area (Å²) in [6.45, 7) is 2.95. The Labute approximate surface area is 94.4 Å². The van der Waals surface area contributed by atoms with Crippen LogP contribution in [0.3, 0.4) is 0 Å². The van der Waals surface area contributed by atoms with Crippen LogP contribution in [-0.4, -0.2) is 41.5 Å². The van der Waals surface area contributed by atoms with E-state index in [-0.39, 0.29) is 0 Å². The van der Waals surface area contributed by atoms with Crippen LogP contribution >= 0.6 is 0 Å². The lowest BCUT2D eigenvalue weighted by Crippen LogP contribution is -2.40. The van der Waals surface area contributed by atoms with Gasteiger partial charge in [-0.3, -0.25) is 4.21 Å².